The molecule has 1 aliphatic heterocycles. The molecule has 4 nitrogen and oxygen atoms in total. The van der Waals surface area contributed by atoms with E-state index < -0.39 is 0 Å². The summed E-state index contributed by atoms with van der Waals surface area (Å²) in [5, 5.41) is 3.31. The van der Waals surface area contributed by atoms with E-state index in [1.807, 2.05) is 6.92 Å². The molecule has 0 bridgehead atoms. The van der Waals surface area contributed by atoms with Gasteiger partial charge >= 0.3 is 5.97 Å². The van der Waals surface area contributed by atoms with Crippen molar-refractivity contribution in [3.8, 4) is 0 Å². The Labute approximate surface area is 85.6 Å². The summed E-state index contributed by atoms with van der Waals surface area (Å²) < 4.78 is 4.80. The maximum absolute atomic E-state index is 11.5. The lowest BCUT2D eigenvalue weighted by molar-refractivity contribution is -0.148. The number of nitrogens with zero attached hydrogens (tertiary/aromatic N) is 1. The maximum atomic E-state index is 11.5. The van der Waals surface area contributed by atoms with Crippen molar-refractivity contribution in [1.29, 1.82) is 0 Å². The second kappa shape index (κ2) is 5.32. The first-order valence-electron chi connectivity index (χ1n) is 5.25. The van der Waals surface area contributed by atoms with E-state index in [9.17, 15) is 4.79 Å². The van der Waals surface area contributed by atoms with Crippen LogP contribution in [0.25, 0.3) is 0 Å². The highest BCUT2D eigenvalue weighted by atomic mass is 16.5. The quantitative estimate of drug-likeness (QED) is 0.662. The molecule has 0 amide bonds. The summed E-state index contributed by atoms with van der Waals surface area (Å²) >= 11 is 0. The summed E-state index contributed by atoms with van der Waals surface area (Å²) in [4.78, 5) is 13.7. The molecule has 0 spiro atoms. The fourth-order valence-electron chi connectivity index (χ4n) is 1.99. The first-order chi connectivity index (χ1) is 6.70. The Balaban J connectivity index is 2.61. The van der Waals surface area contributed by atoms with E-state index in [1.54, 1.807) is 0 Å². The molecule has 0 saturated carbocycles. The van der Waals surface area contributed by atoms with Crippen molar-refractivity contribution in [1.82, 2.24) is 10.2 Å². The standard InChI is InChI=1S/C10H20N2O2/c1-4-9(10(13)14-3)12-6-5-11-7-8(12)2/h8-9,11H,4-7H2,1-3H3/t8-,9?/m0/s1. The van der Waals surface area contributed by atoms with Gasteiger partial charge in [-0.25, -0.2) is 0 Å². The highest BCUT2D eigenvalue weighted by molar-refractivity contribution is 5.75. The van der Waals surface area contributed by atoms with Crippen molar-refractivity contribution in [2.75, 3.05) is 26.7 Å². The zero-order valence-electron chi connectivity index (χ0n) is 9.25. The SMILES string of the molecule is CCC(C(=O)OC)N1CCNC[C@@H]1C. The minimum atomic E-state index is -0.110. The number of piperazine rings is 1. The summed E-state index contributed by atoms with van der Waals surface area (Å²) in [6, 6.07) is 0.338. The number of methoxy groups -OCH3 is 1. The van der Waals surface area contributed by atoms with Crippen LogP contribution in [0.3, 0.4) is 0 Å². The van der Waals surface area contributed by atoms with E-state index in [0.717, 1.165) is 26.1 Å². The Hall–Kier alpha value is -0.610. The number of ether oxygens (including phenoxy) is 1. The molecule has 82 valence electrons. The van der Waals surface area contributed by atoms with Gasteiger partial charge in [-0.15, -0.1) is 0 Å². The largest absolute Gasteiger partial charge is 0.468 e. The molecule has 4 heteroatoms. The molecule has 0 radical (unpaired) electrons. The van der Waals surface area contributed by atoms with Crippen molar-refractivity contribution in [3.05, 3.63) is 0 Å². The summed E-state index contributed by atoms with van der Waals surface area (Å²) in [5.41, 5.74) is 0. The molecule has 0 aromatic rings. The highest BCUT2D eigenvalue weighted by Gasteiger charge is 2.30. The number of rotatable bonds is 3. The Morgan fingerprint density at radius 3 is 2.93 bits per heavy atom. The molecule has 1 fully saturated rings. The van der Waals surface area contributed by atoms with Crippen molar-refractivity contribution < 1.29 is 9.53 Å². The molecule has 1 saturated heterocycles. The van der Waals surface area contributed by atoms with E-state index in [0.29, 0.717) is 6.04 Å². The first-order valence-corrected chi connectivity index (χ1v) is 5.25. The number of carbonyl (C=O) groups excluding carboxylic acids is 1. The molecule has 1 heterocycles. The van der Waals surface area contributed by atoms with E-state index in [4.69, 9.17) is 4.74 Å². The Bertz CT molecular complexity index is 197. The number of hydrogen-bond acceptors (Lipinski definition) is 4. The zero-order chi connectivity index (χ0) is 10.6. The van der Waals surface area contributed by atoms with Crippen LogP contribution in [0.5, 0.6) is 0 Å². The van der Waals surface area contributed by atoms with E-state index in [2.05, 4.69) is 17.1 Å². The van der Waals surface area contributed by atoms with Crippen molar-refractivity contribution in [2.45, 2.75) is 32.4 Å². The topological polar surface area (TPSA) is 41.6 Å². The molecule has 1 unspecified atom stereocenters. The first kappa shape index (κ1) is 11.5. The summed E-state index contributed by atoms with van der Waals surface area (Å²) in [5.74, 6) is -0.110. The molecule has 1 N–H and O–H groups in total. The van der Waals surface area contributed by atoms with Gasteiger partial charge in [0.25, 0.3) is 0 Å². The van der Waals surface area contributed by atoms with Gasteiger partial charge < -0.3 is 10.1 Å². The van der Waals surface area contributed by atoms with Gasteiger partial charge in [0.05, 0.1) is 7.11 Å². The second-order valence-corrected chi connectivity index (χ2v) is 3.74. The van der Waals surface area contributed by atoms with E-state index >= 15 is 0 Å². The lowest BCUT2D eigenvalue weighted by atomic mass is 10.1. The normalized spacial score (nSPS) is 25.8. The number of esters is 1. The van der Waals surface area contributed by atoms with Crippen molar-refractivity contribution in [3.63, 3.8) is 0 Å². The van der Waals surface area contributed by atoms with Gasteiger partial charge in [-0.1, -0.05) is 6.92 Å². The lowest BCUT2D eigenvalue weighted by Gasteiger charge is -2.38. The van der Waals surface area contributed by atoms with Gasteiger partial charge in [-0.2, -0.15) is 0 Å². The van der Waals surface area contributed by atoms with E-state index in [-0.39, 0.29) is 12.0 Å². The number of hydrogen-bond donors (Lipinski definition) is 1. The average molecular weight is 200 g/mol. The third-order valence-corrected chi connectivity index (χ3v) is 2.81. The van der Waals surface area contributed by atoms with Gasteiger partial charge in [-0.05, 0) is 13.3 Å². The lowest BCUT2D eigenvalue weighted by Crippen LogP contribution is -2.56. The molecule has 0 aromatic heterocycles. The molecule has 2 atom stereocenters. The highest BCUT2D eigenvalue weighted by Crippen LogP contribution is 2.12. The third kappa shape index (κ3) is 2.45. The number of nitrogens with one attached hydrogen (secondary N) is 1. The molecule has 0 aliphatic carbocycles. The molecule has 1 rings (SSSR count). The minimum absolute atomic E-state index is 0.0721. The Kier molecular flexibility index (Phi) is 4.35. The molecular formula is C10H20N2O2. The van der Waals surface area contributed by atoms with E-state index in [1.165, 1.54) is 7.11 Å². The number of carbonyl (C=O) groups is 1. The fraction of sp³-hybridized carbons (Fsp3) is 0.900. The van der Waals surface area contributed by atoms with Crippen LogP contribution < -0.4 is 5.32 Å². The monoisotopic (exact) mass is 200 g/mol. The maximum Gasteiger partial charge on any atom is 0.323 e. The predicted molar refractivity (Wildman–Crippen MR) is 55.1 cm³/mol. The van der Waals surface area contributed by atoms with Crippen LogP contribution in [0.4, 0.5) is 0 Å². The average Bonchev–Trinajstić information content (AvgIpc) is 2.21. The smallest absolute Gasteiger partial charge is 0.323 e. The van der Waals surface area contributed by atoms with Crippen LogP contribution in [0.1, 0.15) is 20.3 Å². The summed E-state index contributed by atoms with van der Waals surface area (Å²) in [6.07, 6.45) is 0.816. The second-order valence-electron chi connectivity index (χ2n) is 3.74. The van der Waals surface area contributed by atoms with Gasteiger partial charge in [-0.3, -0.25) is 9.69 Å². The summed E-state index contributed by atoms with van der Waals surface area (Å²) in [6.45, 7) is 6.99. The zero-order valence-corrected chi connectivity index (χ0v) is 9.25. The predicted octanol–water partition coefficient (Wildman–Crippen LogP) is 0.232. The van der Waals surface area contributed by atoms with Crippen LogP contribution in [-0.2, 0) is 9.53 Å². The van der Waals surface area contributed by atoms with Gasteiger partial charge in [0, 0.05) is 25.7 Å². The van der Waals surface area contributed by atoms with Crippen LogP contribution in [0, 0.1) is 0 Å². The minimum Gasteiger partial charge on any atom is -0.468 e. The Morgan fingerprint density at radius 2 is 2.43 bits per heavy atom. The summed E-state index contributed by atoms with van der Waals surface area (Å²) in [7, 11) is 1.46. The van der Waals surface area contributed by atoms with Crippen LogP contribution in [0.2, 0.25) is 0 Å². The molecule has 14 heavy (non-hydrogen) atoms. The van der Waals surface area contributed by atoms with Gasteiger partial charge in [0.15, 0.2) is 0 Å². The third-order valence-electron chi connectivity index (χ3n) is 2.81. The van der Waals surface area contributed by atoms with Crippen LogP contribution >= 0.6 is 0 Å². The molecular weight excluding hydrogens is 180 g/mol. The van der Waals surface area contributed by atoms with Crippen molar-refractivity contribution >= 4 is 5.97 Å². The van der Waals surface area contributed by atoms with Crippen LogP contribution in [-0.4, -0.2) is 49.7 Å². The van der Waals surface area contributed by atoms with Crippen LogP contribution in [0.15, 0.2) is 0 Å². The van der Waals surface area contributed by atoms with Gasteiger partial charge in [0.1, 0.15) is 6.04 Å². The van der Waals surface area contributed by atoms with Crippen molar-refractivity contribution in [2.24, 2.45) is 0 Å². The molecule has 1 aliphatic rings. The van der Waals surface area contributed by atoms with Gasteiger partial charge in [0.2, 0.25) is 0 Å². The Morgan fingerprint density at radius 1 is 1.71 bits per heavy atom. The molecule has 0 aromatic carbocycles. The fourth-order valence-corrected chi connectivity index (χ4v) is 1.99.